The van der Waals surface area contributed by atoms with Crippen molar-refractivity contribution in [3.05, 3.63) is 89.0 Å². The number of sulfonamides is 1. The highest BCUT2D eigenvalue weighted by molar-refractivity contribution is 7.89. The van der Waals surface area contributed by atoms with E-state index in [0.717, 1.165) is 30.5 Å². The molecular formula is C30H36N2O3S. The number of rotatable bonds is 5. The molecule has 2 aliphatic heterocycles. The molecule has 2 fully saturated rings. The fourth-order valence-corrected chi connectivity index (χ4v) is 7.87. The van der Waals surface area contributed by atoms with Gasteiger partial charge in [0.15, 0.2) is 0 Å². The van der Waals surface area contributed by atoms with Crippen molar-refractivity contribution in [3.63, 3.8) is 0 Å². The van der Waals surface area contributed by atoms with E-state index in [2.05, 4.69) is 61.2 Å². The van der Waals surface area contributed by atoms with E-state index in [1.165, 1.54) is 22.3 Å². The molecule has 0 aliphatic carbocycles. The van der Waals surface area contributed by atoms with Gasteiger partial charge in [-0.25, -0.2) is 8.42 Å². The summed E-state index contributed by atoms with van der Waals surface area (Å²) in [6.07, 6.45) is 1.74. The Morgan fingerprint density at radius 3 is 2.19 bits per heavy atom. The summed E-state index contributed by atoms with van der Waals surface area (Å²) in [5.41, 5.74) is 6.80. The third-order valence-corrected chi connectivity index (χ3v) is 9.92. The number of fused-ring (bicyclic) bond motifs is 1. The van der Waals surface area contributed by atoms with E-state index < -0.39 is 10.0 Å². The Kier molecular flexibility index (Phi) is 7.05. The Hall–Kier alpha value is -2.51. The summed E-state index contributed by atoms with van der Waals surface area (Å²) in [6.45, 7) is 8.03. The van der Waals surface area contributed by atoms with Gasteiger partial charge in [0.05, 0.1) is 11.5 Å². The second-order valence-electron chi connectivity index (χ2n) is 10.4. The van der Waals surface area contributed by atoms with Gasteiger partial charge in [-0.3, -0.25) is 4.90 Å². The highest BCUT2D eigenvalue weighted by atomic mass is 32.2. The van der Waals surface area contributed by atoms with Gasteiger partial charge in [-0.1, -0.05) is 71.8 Å². The van der Waals surface area contributed by atoms with Gasteiger partial charge in [0, 0.05) is 31.1 Å². The maximum absolute atomic E-state index is 13.7. The van der Waals surface area contributed by atoms with E-state index in [4.69, 9.17) is 0 Å². The van der Waals surface area contributed by atoms with E-state index in [1.807, 2.05) is 19.1 Å². The number of nitrogens with zero attached hydrogens (tertiary/aromatic N) is 2. The molecule has 2 heterocycles. The van der Waals surface area contributed by atoms with Crippen LogP contribution in [0.25, 0.3) is 11.1 Å². The number of aliphatic hydroxyl groups is 1. The van der Waals surface area contributed by atoms with Gasteiger partial charge in [0.25, 0.3) is 0 Å². The molecule has 190 valence electrons. The number of hydrogen-bond donors (Lipinski definition) is 1. The Morgan fingerprint density at radius 2 is 1.53 bits per heavy atom. The van der Waals surface area contributed by atoms with Gasteiger partial charge in [0.2, 0.25) is 10.0 Å². The van der Waals surface area contributed by atoms with Crippen molar-refractivity contribution >= 4 is 10.0 Å². The maximum Gasteiger partial charge on any atom is 0.243 e. The molecule has 0 spiro atoms. The first-order valence-corrected chi connectivity index (χ1v) is 14.3. The molecule has 0 amide bonds. The molecule has 1 N–H and O–H groups in total. The first-order valence-electron chi connectivity index (χ1n) is 12.9. The molecule has 0 bridgehead atoms. The van der Waals surface area contributed by atoms with Crippen LogP contribution in [0.4, 0.5) is 0 Å². The molecule has 0 unspecified atom stereocenters. The van der Waals surface area contributed by atoms with Crippen molar-refractivity contribution in [2.24, 2.45) is 0 Å². The minimum Gasteiger partial charge on any atom is -0.395 e. The van der Waals surface area contributed by atoms with Gasteiger partial charge in [-0.2, -0.15) is 4.31 Å². The van der Waals surface area contributed by atoms with Crippen molar-refractivity contribution in [3.8, 4) is 11.1 Å². The van der Waals surface area contributed by atoms with Crippen LogP contribution in [0.1, 0.15) is 41.0 Å². The lowest BCUT2D eigenvalue weighted by atomic mass is 9.74. The SMILES string of the molecule is Cc1cc(C)cc(-c2ccc([C@@H]3[C@@H](CO)N4CCCCN(S(=O)(=O)c5ccccc5C)C[C@@H]34)cc2)c1. The molecule has 0 aromatic heterocycles. The van der Waals surface area contributed by atoms with Crippen LogP contribution in [0, 0.1) is 20.8 Å². The molecule has 2 aliphatic rings. The smallest absolute Gasteiger partial charge is 0.243 e. The second-order valence-corrected chi connectivity index (χ2v) is 12.3. The number of aliphatic hydroxyl groups excluding tert-OH is 1. The summed E-state index contributed by atoms with van der Waals surface area (Å²) in [5.74, 6) is 0.0935. The van der Waals surface area contributed by atoms with Crippen LogP contribution < -0.4 is 0 Å². The average Bonchev–Trinajstić information content (AvgIpc) is 2.83. The third kappa shape index (κ3) is 4.63. The van der Waals surface area contributed by atoms with E-state index in [1.54, 1.807) is 16.4 Å². The number of benzene rings is 3. The van der Waals surface area contributed by atoms with Crippen LogP contribution in [-0.4, -0.2) is 61.1 Å². The lowest BCUT2D eigenvalue weighted by Crippen LogP contribution is -2.67. The van der Waals surface area contributed by atoms with E-state index in [9.17, 15) is 13.5 Å². The standard InChI is InChI=1S/C30H36N2O3S/c1-21-16-22(2)18-26(17-21)24-10-12-25(13-11-24)30-27-19-31(14-6-7-15-32(27)28(30)20-33)36(34,35)29-9-5-4-8-23(29)3/h4-5,8-13,16-18,27-28,30,33H,6-7,14-15,19-20H2,1-3H3/t27-,28+,30-/m0/s1. The Labute approximate surface area is 215 Å². The lowest BCUT2D eigenvalue weighted by Gasteiger charge is -2.57. The molecule has 36 heavy (non-hydrogen) atoms. The highest BCUT2D eigenvalue weighted by Gasteiger charge is 2.50. The van der Waals surface area contributed by atoms with Crippen molar-refractivity contribution in [1.29, 1.82) is 0 Å². The summed E-state index contributed by atoms with van der Waals surface area (Å²) in [6, 6.07) is 22.5. The lowest BCUT2D eigenvalue weighted by molar-refractivity contribution is -0.0553. The minimum atomic E-state index is -3.59. The fraction of sp³-hybridized carbons (Fsp3) is 0.400. The monoisotopic (exact) mass is 504 g/mol. The fourth-order valence-electron chi connectivity index (χ4n) is 6.15. The second kappa shape index (κ2) is 10.1. The predicted octanol–water partition coefficient (Wildman–Crippen LogP) is 4.89. The molecule has 5 nitrogen and oxygen atoms in total. The zero-order valence-corrected chi connectivity index (χ0v) is 22.2. The molecule has 3 aromatic rings. The molecule has 5 rings (SSSR count). The molecule has 6 heteroatoms. The van der Waals surface area contributed by atoms with Gasteiger partial charge in [0.1, 0.15) is 0 Å². The minimum absolute atomic E-state index is 0.0168. The molecule has 3 atom stereocenters. The summed E-state index contributed by atoms with van der Waals surface area (Å²) in [7, 11) is -3.59. The Morgan fingerprint density at radius 1 is 0.861 bits per heavy atom. The van der Waals surface area contributed by atoms with E-state index in [0.29, 0.717) is 18.0 Å². The first-order chi connectivity index (χ1) is 17.3. The molecule has 0 radical (unpaired) electrons. The van der Waals surface area contributed by atoms with Crippen molar-refractivity contribution in [2.75, 3.05) is 26.2 Å². The van der Waals surface area contributed by atoms with Crippen LogP contribution in [0.3, 0.4) is 0 Å². The zero-order valence-electron chi connectivity index (χ0n) is 21.4. The highest BCUT2D eigenvalue weighted by Crippen LogP contribution is 2.43. The van der Waals surface area contributed by atoms with Gasteiger partial charge in [-0.15, -0.1) is 0 Å². The third-order valence-electron chi connectivity index (χ3n) is 7.89. The largest absolute Gasteiger partial charge is 0.395 e. The predicted molar refractivity (Wildman–Crippen MR) is 145 cm³/mol. The summed E-state index contributed by atoms with van der Waals surface area (Å²) >= 11 is 0. The average molecular weight is 505 g/mol. The quantitative estimate of drug-likeness (QED) is 0.537. The van der Waals surface area contributed by atoms with Gasteiger partial charge in [-0.05, 0) is 68.5 Å². The van der Waals surface area contributed by atoms with Gasteiger partial charge < -0.3 is 5.11 Å². The van der Waals surface area contributed by atoms with Gasteiger partial charge >= 0.3 is 0 Å². The summed E-state index contributed by atoms with van der Waals surface area (Å²) in [5, 5.41) is 10.3. The van der Waals surface area contributed by atoms with Crippen molar-refractivity contribution < 1.29 is 13.5 Å². The topological polar surface area (TPSA) is 60.9 Å². The van der Waals surface area contributed by atoms with Crippen LogP contribution in [-0.2, 0) is 10.0 Å². The first kappa shape index (κ1) is 25.2. The van der Waals surface area contributed by atoms with Crippen LogP contribution in [0.2, 0.25) is 0 Å². The van der Waals surface area contributed by atoms with Crippen LogP contribution in [0.5, 0.6) is 0 Å². The molecule has 2 saturated heterocycles. The summed E-state index contributed by atoms with van der Waals surface area (Å²) in [4.78, 5) is 2.71. The molecule has 0 saturated carbocycles. The van der Waals surface area contributed by atoms with E-state index >= 15 is 0 Å². The summed E-state index contributed by atoms with van der Waals surface area (Å²) < 4.78 is 29.0. The molecular weight excluding hydrogens is 468 g/mol. The van der Waals surface area contributed by atoms with Crippen molar-refractivity contribution in [1.82, 2.24) is 9.21 Å². The molecule has 3 aromatic carbocycles. The van der Waals surface area contributed by atoms with Crippen molar-refractivity contribution in [2.45, 2.75) is 56.5 Å². The zero-order chi connectivity index (χ0) is 25.4. The van der Waals surface area contributed by atoms with Crippen LogP contribution in [0.15, 0.2) is 71.6 Å². The maximum atomic E-state index is 13.7. The van der Waals surface area contributed by atoms with Crippen LogP contribution >= 0.6 is 0 Å². The Bertz CT molecular complexity index is 1320. The van der Waals surface area contributed by atoms with E-state index in [-0.39, 0.29) is 24.6 Å². The normalized spacial score (nSPS) is 23.4. The Balaban J connectivity index is 1.44. The number of aryl methyl sites for hydroxylation is 3. The number of hydrogen-bond acceptors (Lipinski definition) is 4.